The molecule has 0 saturated carbocycles. The average molecular weight is 759 g/mol. The molecular formula is C47H32Cl2Zr-2. The third-order valence-corrected chi connectivity index (χ3v) is 10.6. The van der Waals surface area contributed by atoms with Crippen LogP contribution in [0.2, 0.25) is 0 Å². The summed E-state index contributed by atoms with van der Waals surface area (Å²) in [6.45, 7) is 0. The van der Waals surface area contributed by atoms with Gasteiger partial charge in [0.1, 0.15) is 0 Å². The molecule has 0 aromatic heterocycles. The molecule has 0 heterocycles. The number of benzene rings is 8. The van der Waals surface area contributed by atoms with Crippen molar-refractivity contribution in [1.29, 1.82) is 0 Å². The van der Waals surface area contributed by atoms with Crippen LogP contribution in [0, 0.1) is 0 Å². The van der Waals surface area contributed by atoms with Crippen LogP contribution in [0.15, 0.2) is 194 Å². The molecule has 0 radical (unpaired) electrons. The van der Waals surface area contributed by atoms with Crippen LogP contribution in [0.4, 0.5) is 0 Å². The molecule has 0 aliphatic rings. The Morgan fingerprint density at radius 2 is 0.540 bits per heavy atom. The summed E-state index contributed by atoms with van der Waals surface area (Å²) in [4.78, 5) is 0. The standard InChI is InChI=1S/2C17H11.C13H10.2ClH.Zr/c2*1-3-8-14-12(6-1)13-7-2-4-9-15(13)17-11-5-10-16(14)17;1-3-7-12(8-4-1)11-13-9-5-2-6-10-13;;;/h2*1-11H;1-10H;2*1H;/q2*-1;;;;+2/p-2. The van der Waals surface area contributed by atoms with Crippen LogP contribution in [-0.4, -0.2) is 3.21 Å². The zero-order valence-corrected chi connectivity index (χ0v) is 31.2. The molecule has 0 aliphatic carbocycles. The van der Waals surface area contributed by atoms with E-state index in [9.17, 15) is 0 Å². The van der Waals surface area contributed by atoms with Crippen molar-refractivity contribution >= 4 is 67.8 Å². The summed E-state index contributed by atoms with van der Waals surface area (Å²) >= 11 is 1.46. The van der Waals surface area contributed by atoms with E-state index < -0.39 is 0 Å². The molecule has 0 nitrogen and oxygen atoms in total. The Labute approximate surface area is 319 Å². The van der Waals surface area contributed by atoms with E-state index in [4.69, 9.17) is 0 Å². The average Bonchev–Trinajstić information content (AvgIpc) is 3.88. The minimum atomic E-state index is 0. The predicted octanol–water partition coefficient (Wildman–Crippen LogP) is 6.54. The molecule has 0 N–H and O–H groups in total. The maximum atomic E-state index is 2.21. The smallest absolute Gasteiger partial charge is 0.0293 e. The van der Waals surface area contributed by atoms with E-state index in [0.29, 0.717) is 0 Å². The van der Waals surface area contributed by atoms with Gasteiger partial charge in [-0.1, -0.05) is 129 Å². The summed E-state index contributed by atoms with van der Waals surface area (Å²) in [7, 11) is 0. The molecule has 0 fully saturated rings. The van der Waals surface area contributed by atoms with E-state index in [-0.39, 0.29) is 24.8 Å². The topological polar surface area (TPSA) is 0 Å². The molecule has 50 heavy (non-hydrogen) atoms. The number of hydrogen-bond acceptors (Lipinski definition) is 0. The second-order valence-electron chi connectivity index (χ2n) is 12.0. The van der Waals surface area contributed by atoms with Gasteiger partial charge >= 0.3 is 99.2 Å². The SMILES string of the molecule is [Cl-].[Cl-].[Zr+2]=[C](c1ccccc1)c1ccccc1.c1ccc2c(c1)c1ccccc1c1[cH-]ccc21.c1ccc2c(c1)c1ccccc1c1[cH-]ccc21. The van der Waals surface area contributed by atoms with Gasteiger partial charge in [-0.15, -0.1) is 33.7 Å². The van der Waals surface area contributed by atoms with Crippen LogP contribution in [0.25, 0.3) is 64.6 Å². The minimum absolute atomic E-state index is 0. The van der Waals surface area contributed by atoms with Crippen LogP contribution in [-0.2, 0) is 24.2 Å². The van der Waals surface area contributed by atoms with Gasteiger partial charge in [0.15, 0.2) is 0 Å². The largest absolute Gasteiger partial charge is 0.168 e. The van der Waals surface area contributed by atoms with Crippen molar-refractivity contribution in [2.75, 3.05) is 0 Å². The molecule has 10 rings (SSSR count). The van der Waals surface area contributed by atoms with E-state index in [0.717, 1.165) is 0 Å². The van der Waals surface area contributed by atoms with Crippen molar-refractivity contribution in [1.82, 2.24) is 0 Å². The zero-order chi connectivity index (χ0) is 32.3. The molecule has 10 aromatic rings. The molecule has 0 spiro atoms. The third-order valence-electron chi connectivity index (χ3n) is 9.21. The Bertz CT molecular complexity index is 2360. The van der Waals surface area contributed by atoms with Crippen LogP contribution < -0.4 is 24.8 Å². The van der Waals surface area contributed by atoms with Crippen LogP contribution >= 0.6 is 0 Å². The molecule has 0 bridgehead atoms. The quantitative estimate of drug-likeness (QED) is 0.139. The number of hydrogen-bond donors (Lipinski definition) is 0. The number of fused-ring (bicyclic) bond motifs is 12. The van der Waals surface area contributed by atoms with E-state index in [1.54, 1.807) is 0 Å². The summed E-state index contributed by atoms with van der Waals surface area (Å²) < 4.78 is 1.42. The van der Waals surface area contributed by atoms with Crippen LogP contribution in [0.3, 0.4) is 0 Å². The van der Waals surface area contributed by atoms with E-state index in [1.807, 2.05) is 0 Å². The summed E-state index contributed by atoms with van der Waals surface area (Å²) in [5, 5.41) is 16.2. The summed E-state index contributed by atoms with van der Waals surface area (Å²) in [5.74, 6) is 0. The van der Waals surface area contributed by atoms with Gasteiger partial charge in [-0.2, -0.15) is 24.3 Å². The number of rotatable bonds is 2. The summed E-state index contributed by atoms with van der Waals surface area (Å²) in [5.41, 5.74) is 2.66. The predicted molar refractivity (Wildman–Crippen MR) is 205 cm³/mol. The van der Waals surface area contributed by atoms with Gasteiger partial charge in [0.2, 0.25) is 0 Å². The van der Waals surface area contributed by atoms with Crippen LogP contribution in [0.5, 0.6) is 0 Å². The monoisotopic (exact) mass is 756 g/mol. The van der Waals surface area contributed by atoms with Crippen molar-refractivity contribution in [2.24, 2.45) is 0 Å². The molecule has 0 atom stereocenters. The van der Waals surface area contributed by atoms with Crippen molar-refractivity contribution < 1.29 is 49.0 Å². The van der Waals surface area contributed by atoms with E-state index in [2.05, 4.69) is 194 Å². The van der Waals surface area contributed by atoms with Gasteiger partial charge < -0.3 is 24.8 Å². The molecule has 240 valence electrons. The summed E-state index contributed by atoms with van der Waals surface area (Å²) in [6, 6.07) is 68.9. The molecule has 0 amide bonds. The maximum absolute atomic E-state index is 2.21. The van der Waals surface area contributed by atoms with Crippen molar-refractivity contribution in [3.8, 4) is 0 Å². The molecule has 0 unspecified atom stereocenters. The fraction of sp³-hybridized carbons (Fsp3) is 0. The van der Waals surface area contributed by atoms with Crippen LogP contribution in [0.1, 0.15) is 11.1 Å². The fourth-order valence-corrected chi connectivity index (χ4v) is 7.79. The van der Waals surface area contributed by atoms with Gasteiger partial charge in [0.25, 0.3) is 0 Å². The Hall–Kier alpha value is -4.65. The second kappa shape index (κ2) is 15.9. The first-order chi connectivity index (χ1) is 23.8. The Morgan fingerprint density at radius 1 is 0.300 bits per heavy atom. The first-order valence-corrected chi connectivity index (χ1v) is 17.6. The molecule has 0 saturated heterocycles. The van der Waals surface area contributed by atoms with Gasteiger partial charge in [0.05, 0.1) is 0 Å². The van der Waals surface area contributed by atoms with Crippen molar-refractivity contribution in [3.05, 3.63) is 205 Å². The first kappa shape index (κ1) is 35.2. The van der Waals surface area contributed by atoms with E-state index in [1.165, 1.54) is 103 Å². The van der Waals surface area contributed by atoms with Gasteiger partial charge in [-0.25, -0.2) is 0 Å². The third kappa shape index (κ3) is 6.75. The van der Waals surface area contributed by atoms with Gasteiger partial charge in [-0.3, -0.25) is 0 Å². The minimum Gasteiger partial charge on any atom is -0.168 e. The van der Waals surface area contributed by atoms with E-state index >= 15 is 0 Å². The summed E-state index contributed by atoms with van der Waals surface area (Å²) in [6.07, 6.45) is 0. The Balaban J connectivity index is 0.000000128. The molecule has 10 aromatic carbocycles. The van der Waals surface area contributed by atoms with Gasteiger partial charge in [0, 0.05) is 0 Å². The Morgan fingerprint density at radius 3 is 0.860 bits per heavy atom. The Kier molecular flexibility index (Phi) is 11.2. The normalized spacial score (nSPS) is 10.6. The molecule has 0 aliphatic heterocycles. The molecule has 3 heteroatoms. The second-order valence-corrected chi connectivity index (χ2v) is 13.2. The molecular weight excluding hydrogens is 727 g/mol. The maximum Gasteiger partial charge on any atom is -0.0293 e. The zero-order valence-electron chi connectivity index (χ0n) is 27.2. The van der Waals surface area contributed by atoms with Crippen molar-refractivity contribution in [2.45, 2.75) is 0 Å². The number of halogens is 2. The fourth-order valence-electron chi connectivity index (χ4n) is 6.97. The first-order valence-electron chi connectivity index (χ1n) is 16.4. The van der Waals surface area contributed by atoms with Gasteiger partial charge in [-0.05, 0) is 10.8 Å². The van der Waals surface area contributed by atoms with Crippen molar-refractivity contribution in [3.63, 3.8) is 0 Å².